The molecule has 0 radical (unpaired) electrons. The molecule has 0 unspecified atom stereocenters. The molecule has 3 aromatic rings. The maximum absolute atomic E-state index is 13.8. The van der Waals surface area contributed by atoms with E-state index >= 15 is 0 Å². The number of hydrogen-bond acceptors (Lipinski definition) is 4. The highest BCUT2D eigenvalue weighted by atomic mass is 16.7. The first-order valence-electron chi connectivity index (χ1n) is 12.3. The van der Waals surface area contributed by atoms with Crippen molar-refractivity contribution in [1.29, 1.82) is 0 Å². The average Bonchev–Trinajstić information content (AvgIpc) is 3.10. The van der Waals surface area contributed by atoms with Gasteiger partial charge in [-0.05, 0) is 62.3 Å². The van der Waals surface area contributed by atoms with Gasteiger partial charge in [0.05, 0.1) is 17.8 Å². The third-order valence-corrected chi connectivity index (χ3v) is 6.33. The molecular weight excluding hydrogens is 456 g/mol. The van der Waals surface area contributed by atoms with E-state index < -0.39 is 17.8 Å². The molecule has 194 valence electrons. The molecule has 7 heteroatoms. The van der Waals surface area contributed by atoms with Crippen molar-refractivity contribution in [2.75, 3.05) is 14.2 Å². The normalized spacial score (nSPS) is 12.0. The molecule has 0 amide bonds. The predicted molar refractivity (Wildman–Crippen MR) is 142 cm³/mol. The molecule has 1 aromatic heterocycles. The standard InChI is InChI=1S/C29H38N2O5/c1-19(2)12-17-24-25(27(35-6)36-7)31(29(3,4)5)28(34)30(24)18-20-13-15-21(16-14-20)22-10-8-9-11-23(22)26(32)33/h8-11,13-16,19,27H,12,17-18H2,1-7H3,(H,32,33). The number of carboxylic acid groups (broad SMARTS) is 1. The van der Waals surface area contributed by atoms with Gasteiger partial charge in [0.15, 0.2) is 0 Å². The summed E-state index contributed by atoms with van der Waals surface area (Å²) in [5.74, 6) is -0.491. The van der Waals surface area contributed by atoms with Crippen molar-refractivity contribution < 1.29 is 19.4 Å². The largest absolute Gasteiger partial charge is 0.478 e. The molecule has 1 N–H and O–H groups in total. The van der Waals surface area contributed by atoms with E-state index in [2.05, 4.69) is 13.8 Å². The number of imidazole rings is 1. The second kappa shape index (κ2) is 11.3. The van der Waals surface area contributed by atoms with Crippen LogP contribution in [-0.2, 0) is 28.0 Å². The van der Waals surface area contributed by atoms with Crippen molar-refractivity contribution in [3.8, 4) is 11.1 Å². The van der Waals surface area contributed by atoms with Crippen LogP contribution in [0.2, 0.25) is 0 Å². The van der Waals surface area contributed by atoms with Gasteiger partial charge in [0, 0.05) is 25.5 Å². The second-order valence-corrected chi connectivity index (χ2v) is 10.5. The molecule has 0 saturated heterocycles. The Bertz CT molecular complexity index is 1240. The maximum atomic E-state index is 13.8. The zero-order valence-corrected chi connectivity index (χ0v) is 22.4. The highest BCUT2D eigenvalue weighted by Gasteiger charge is 2.31. The molecule has 0 spiro atoms. The number of rotatable bonds is 10. The van der Waals surface area contributed by atoms with Crippen LogP contribution >= 0.6 is 0 Å². The van der Waals surface area contributed by atoms with E-state index in [0.29, 0.717) is 18.0 Å². The molecule has 0 aliphatic heterocycles. The zero-order chi connectivity index (χ0) is 26.6. The molecule has 0 aliphatic rings. The van der Waals surface area contributed by atoms with Gasteiger partial charge in [0.25, 0.3) is 0 Å². The van der Waals surface area contributed by atoms with Crippen LogP contribution in [0.15, 0.2) is 53.3 Å². The lowest BCUT2D eigenvalue weighted by molar-refractivity contribution is -0.112. The summed E-state index contributed by atoms with van der Waals surface area (Å²) in [6.45, 7) is 10.7. The SMILES string of the molecule is COC(OC)c1c(CCC(C)C)n(Cc2ccc(-c3ccccc3C(=O)O)cc2)c(=O)n1C(C)(C)C. The summed E-state index contributed by atoms with van der Waals surface area (Å²) in [5, 5.41) is 9.55. The Hall–Kier alpha value is -3.16. The Balaban J connectivity index is 2.10. The van der Waals surface area contributed by atoms with Gasteiger partial charge >= 0.3 is 11.7 Å². The lowest BCUT2D eigenvalue weighted by Crippen LogP contribution is -2.37. The zero-order valence-electron chi connectivity index (χ0n) is 22.4. The summed E-state index contributed by atoms with van der Waals surface area (Å²) in [6.07, 6.45) is 0.986. The maximum Gasteiger partial charge on any atom is 0.336 e. The predicted octanol–water partition coefficient (Wildman–Crippen LogP) is 5.70. The Morgan fingerprint density at radius 1 is 1.00 bits per heavy atom. The Kier molecular flexibility index (Phi) is 8.59. The summed E-state index contributed by atoms with van der Waals surface area (Å²) in [6, 6.07) is 14.7. The number of aromatic carboxylic acids is 1. The fourth-order valence-corrected chi connectivity index (χ4v) is 4.56. The average molecular weight is 495 g/mol. The number of ether oxygens (including phenoxy) is 2. The number of hydrogen-bond donors (Lipinski definition) is 1. The highest BCUT2D eigenvalue weighted by molar-refractivity contribution is 5.95. The molecule has 0 aliphatic carbocycles. The van der Waals surface area contributed by atoms with Gasteiger partial charge in [-0.15, -0.1) is 0 Å². The minimum atomic E-state index is -0.960. The van der Waals surface area contributed by atoms with Gasteiger partial charge in [-0.1, -0.05) is 56.3 Å². The van der Waals surface area contributed by atoms with Crippen LogP contribution in [0, 0.1) is 5.92 Å². The summed E-state index contributed by atoms with van der Waals surface area (Å²) in [4.78, 5) is 25.4. The van der Waals surface area contributed by atoms with Crippen molar-refractivity contribution in [1.82, 2.24) is 9.13 Å². The van der Waals surface area contributed by atoms with Gasteiger partial charge in [-0.3, -0.25) is 9.13 Å². The molecule has 0 atom stereocenters. The van der Waals surface area contributed by atoms with Gasteiger partial charge in [0.2, 0.25) is 6.29 Å². The molecule has 7 nitrogen and oxygen atoms in total. The van der Waals surface area contributed by atoms with E-state index in [1.807, 2.05) is 55.7 Å². The van der Waals surface area contributed by atoms with Crippen LogP contribution in [0.3, 0.4) is 0 Å². The number of benzene rings is 2. The first kappa shape index (κ1) is 27.4. The van der Waals surface area contributed by atoms with Crippen LogP contribution in [0.1, 0.15) is 74.6 Å². The van der Waals surface area contributed by atoms with Crippen LogP contribution in [0.4, 0.5) is 0 Å². The van der Waals surface area contributed by atoms with Gasteiger partial charge in [-0.25, -0.2) is 9.59 Å². The summed E-state index contributed by atoms with van der Waals surface area (Å²) in [7, 11) is 3.17. The molecule has 36 heavy (non-hydrogen) atoms. The van der Waals surface area contributed by atoms with Crippen LogP contribution in [0.5, 0.6) is 0 Å². The number of aromatic nitrogens is 2. The number of carbonyl (C=O) groups is 1. The van der Waals surface area contributed by atoms with E-state index in [0.717, 1.165) is 35.4 Å². The molecule has 1 heterocycles. The third kappa shape index (κ3) is 5.79. The second-order valence-electron chi connectivity index (χ2n) is 10.5. The molecular formula is C29H38N2O5. The van der Waals surface area contributed by atoms with Crippen LogP contribution < -0.4 is 5.69 Å². The highest BCUT2D eigenvalue weighted by Crippen LogP contribution is 2.29. The van der Waals surface area contributed by atoms with Crippen molar-refractivity contribution in [3.63, 3.8) is 0 Å². The van der Waals surface area contributed by atoms with Gasteiger partial charge in [0.1, 0.15) is 0 Å². The molecule has 0 bridgehead atoms. The Morgan fingerprint density at radius 2 is 1.61 bits per heavy atom. The topological polar surface area (TPSA) is 82.7 Å². The Labute approximate surface area is 213 Å². The summed E-state index contributed by atoms with van der Waals surface area (Å²) in [5.41, 5.74) is 3.78. The summed E-state index contributed by atoms with van der Waals surface area (Å²) < 4.78 is 14.9. The van der Waals surface area contributed by atoms with Gasteiger partial charge < -0.3 is 14.6 Å². The van der Waals surface area contributed by atoms with E-state index in [4.69, 9.17) is 9.47 Å². The molecule has 0 saturated carbocycles. The number of methoxy groups -OCH3 is 2. The Morgan fingerprint density at radius 3 is 2.14 bits per heavy atom. The lowest BCUT2D eigenvalue weighted by atomic mass is 9.98. The van der Waals surface area contributed by atoms with Crippen molar-refractivity contribution in [3.05, 3.63) is 81.5 Å². The van der Waals surface area contributed by atoms with Crippen LogP contribution in [0.25, 0.3) is 11.1 Å². The third-order valence-electron chi connectivity index (χ3n) is 6.33. The fourth-order valence-electron chi connectivity index (χ4n) is 4.56. The summed E-state index contributed by atoms with van der Waals surface area (Å²) >= 11 is 0. The molecule has 2 aromatic carbocycles. The van der Waals surface area contributed by atoms with Gasteiger partial charge in [-0.2, -0.15) is 0 Å². The van der Waals surface area contributed by atoms with Crippen molar-refractivity contribution >= 4 is 5.97 Å². The van der Waals surface area contributed by atoms with E-state index in [1.54, 1.807) is 37.0 Å². The van der Waals surface area contributed by atoms with Crippen molar-refractivity contribution in [2.24, 2.45) is 5.92 Å². The number of nitrogens with zero attached hydrogens (tertiary/aromatic N) is 2. The van der Waals surface area contributed by atoms with Crippen LogP contribution in [-0.4, -0.2) is 34.4 Å². The quantitative estimate of drug-likeness (QED) is 0.366. The fraction of sp³-hybridized carbons (Fsp3) is 0.448. The minimum absolute atomic E-state index is 0.101. The first-order valence-corrected chi connectivity index (χ1v) is 12.3. The van der Waals surface area contributed by atoms with E-state index in [-0.39, 0.29) is 11.3 Å². The lowest BCUT2D eigenvalue weighted by Gasteiger charge is -2.26. The smallest absolute Gasteiger partial charge is 0.336 e. The first-order chi connectivity index (χ1) is 17.0. The monoisotopic (exact) mass is 494 g/mol. The minimum Gasteiger partial charge on any atom is -0.478 e. The van der Waals surface area contributed by atoms with E-state index in [1.165, 1.54) is 0 Å². The van der Waals surface area contributed by atoms with Crippen molar-refractivity contribution in [2.45, 2.75) is 65.8 Å². The number of carboxylic acids is 1. The molecule has 3 rings (SSSR count). The van der Waals surface area contributed by atoms with E-state index in [9.17, 15) is 14.7 Å². The molecule has 0 fully saturated rings.